The maximum absolute atomic E-state index is 12.2. The Hall–Kier alpha value is -3.34. The van der Waals surface area contributed by atoms with E-state index in [0.29, 0.717) is 17.9 Å². The fourth-order valence-corrected chi connectivity index (χ4v) is 2.51. The summed E-state index contributed by atoms with van der Waals surface area (Å²) in [6.07, 6.45) is 0. The number of carbonyl (C=O) groups is 2. The Labute approximate surface area is 144 Å². The van der Waals surface area contributed by atoms with Crippen LogP contribution in [0, 0.1) is 6.92 Å². The highest BCUT2D eigenvalue weighted by Crippen LogP contribution is 2.23. The van der Waals surface area contributed by atoms with Gasteiger partial charge in [-0.25, -0.2) is 4.79 Å². The number of furan rings is 1. The van der Waals surface area contributed by atoms with Crippen LogP contribution in [-0.2, 0) is 6.54 Å². The van der Waals surface area contributed by atoms with E-state index in [1.54, 1.807) is 12.1 Å². The van der Waals surface area contributed by atoms with Gasteiger partial charge in [-0.15, -0.1) is 0 Å². The molecule has 126 valence electrons. The van der Waals surface area contributed by atoms with E-state index in [4.69, 9.17) is 9.52 Å². The number of benzene rings is 2. The summed E-state index contributed by atoms with van der Waals surface area (Å²) in [4.78, 5) is 23.1. The highest BCUT2D eigenvalue weighted by molar-refractivity contribution is 5.94. The number of amides is 1. The van der Waals surface area contributed by atoms with E-state index in [2.05, 4.69) is 5.32 Å². The number of hydrogen-bond acceptors (Lipinski definition) is 3. The third kappa shape index (κ3) is 3.95. The fraction of sp³-hybridized carbons (Fsp3) is 0.100. The number of rotatable bonds is 5. The third-order valence-corrected chi connectivity index (χ3v) is 3.76. The van der Waals surface area contributed by atoms with Crippen LogP contribution in [0.2, 0.25) is 0 Å². The van der Waals surface area contributed by atoms with E-state index in [1.807, 2.05) is 49.4 Å². The first-order valence-electron chi connectivity index (χ1n) is 7.80. The molecule has 0 radical (unpaired) electrons. The van der Waals surface area contributed by atoms with Gasteiger partial charge in [-0.1, -0.05) is 35.9 Å². The van der Waals surface area contributed by atoms with Crippen molar-refractivity contribution < 1.29 is 19.1 Å². The molecule has 0 unspecified atom stereocenters. The number of aryl methyl sites for hydroxylation is 1. The van der Waals surface area contributed by atoms with Crippen LogP contribution in [0.5, 0.6) is 0 Å². The molecular weight excluding hydrogens is 318 g/mol. The number of carboxylic acids is 1. The highest BCUT2D eigenvalue weighted by Gasteiger charge is 2.11. The lowest BCUT2D eigenvalue weighted by Crippen LogP contribution is -2.22. The van der Waals surface area contributed by atoms with E-state index in [-0.39, 0.29) is 11.7 Å². The van der Waals surface area contributed by atoms with Crippen molar-refractivity contribution in [3.63, 3.8) is 0 Å². The van der Waals surface area contributed by atoms with E-state index >= 15 is 0 Å². The minimum Gasteiger partial charge on any atom is -0.475 e. The number of carbonyl (C=O) groups excluding carboxylic acids is 1. The quantitative estimate of drug-likeness (QED) is 0.741. The second kappa shape index (κ2) is 7.05. The van der Waals surface area contributed by atoms with Gasteiger partial charge in [0.05, 0.1) is 0 Å². The molecule has 3 aromatic rings. The summed E-state index contributed by atoms with van der Waals surface area (Å²) < 4.78 is 5.31. The van der Waals surface area contributed by atoms with Gasteiger partial charge in [0.25, 0.3) is 5.91 Å². The van der Waals surface area contributed by atoms with E-state index in [0.717, 1.165) is 16.7 Å². The zero-order chi connectivity index (χ0) is 17.8. The second-order valence-corrected chi connectivity index (χ2v) is 5.72. The number of aromatic carboxylic acids is 1. The molecule has 1 amide bonds. The van der Waals surface area contributed by atoms with E-state index in [9.17, 15) is 9.59 Å². The topological polar surface area (TPSA) is 79.5 Å². The molecule has 1 aromatic heterocycles. The first kappa shape index (κ1) is 16.5. The molecule has 5 heteroatoms. The maximum atomic E-state index is 12.2. The van der Waals surface area contributed by atoms with Gasteiger partial charge in [0, 0.05) is 17.7 Å². The Bertz CT molecular complexity index is 927. The maximum Gasteiger partial charge on any atom is 0.371 e. The van der Waals surface area contributed by atoms with Gasteiger partial charge >= 0.3 is 5.97 Å². The molecule has 0 fully saturated rings. The molecule has 2 aromatic carbocycles. The number of carboxylic acid groups (broad SMARTS) is 1. The molecule has 25 heavy (non-hydrogen) atoms. The van der Waals surface area contributed by atoms with Crippen molar-refractivity contribution in [1.29, 1.82) is 0 Å². The largest absolute Gasteiger partial charge is 0.475 e. The van der Waals surface area contributed by atoms with Gasteiger partial charge in [-0.05, 0) is 42.8 Å². The van der Waals surface area contributed by atoms with Gasteiger partial charge in [0.1, 0.15) is 5.76 Å². The van der Waals surface area contributed by atoms with Crippen LogP contribution < -0.4 is 5.32 Å². The Morgan fingerprint density at radius 2 is 1.84 bits per heavy atom. The van der Waals surface area contributed by atoms with Gasteiger partial charge in [-0.2, -0.15) is 0 Å². The highest BCUT2D eigenvalue weighted by atomic mass is 16.4. The SMILES string of the molecule is Cc1cccc(C(=O)NCc2cccc(-c3ccc(C(=O)O)o3)c2)c1. The molecule has 0 aliphatic rings. The summed E-state index contributed by atoms with van der Waals surface area (Å²) in [5.74, 6) is -0.870. The third-order valence-electron chi connectivity index (χ3n) is 3.76. The lowest BCUT2D eigenvalue weighted by molar-refractivity contribution is 0.0663. The van der Waals surface area contributed by atoms with E-state index in [1.165, 1.54) is 6.07 Å². The summed E-state index contributed by atoms with van der Waals surface area (Å²) in [5.41, 5.74) is 3.30. The predicted octanol–water partition coefficient (Wildman–Crippen LogP) is 3.88. The summed E-state index contributed by atoms with van der Waals surface area (Å²) in [6, 6.07) is 17.9. The summed E-state index contributed by atoms with van der Waals surface area (Å²) in [6.45, 7) is 2.31. The molecular formula is C20H17NO4. The molecule has 0 saturated carbocycles. The molecule has 0 aliphatic carbocycles. The molecule has 0 spiro atoms. The summed E-state index contributed by atoms with van der Waals surface area (Å²) >= 11 is 0. The van der Waals surface area contributed by atoms with Crippen molar-refractivity contribution in [1.82, 2.24) is 5.32 Å². The Kier molecular flexibility index (Phi) is 4.66. The average molecular weight is 335 g/mol. The van der Waals surface area contributed by atoms with Gasteiger partial charge in [-0.3, -0.25) is 4.79 Å². The van der Waals surface area contributed by atoms with Crippen LogP contribution in [0.25, 0.3) is 11.3 Å². The molecule has 0 bridgehead atoms. The van der Waals surface area contributed by atoms with Gasteiger partial charge in [0.15, 0.2) is 0 Å². The average Bonchev–Trinajstić information content (AvgIpc) is 3.10. The summed E-state index contributed by atoms with van der Waals surface area (Å²) in [5, 5.41) is 11.8. The Morgan fingerprint density at radius 1 is 1.04 bits per heavy atom. The van der Waals surface area contributed by atoms with Gasteiger partial charge in [0.2, 0.25) is 5.76 Å². The van der Waals surface area contributed by atoms with Crippen molar-refractivity contribution >= 4 is 11.9 Å². The molecule has 0 aliphatic heterocycles. The van der Waals surface area contributed by atoms with Crippen LogP contribution in [-0.4, -0.2) is 17.0 Å². The van der Waals surface area contributed by atoms with Crippen LogP contribution in [0.15, 0.2) is 65.1 Å². The monoisotopic (exact) mass is 335 g/mol. The predicted molar refractivity (Wildman–Crippen MR) is 93.5 cm³/mol. The van der Waals surface area contributed by atoms with Crippen molar-refractivity contribution in [3.8, 4) is 11.3 Å². The lowest BCUT2D eigenvalue weighted by Gasteiger charge is -2.07. The Balaban J connectivity index is 1.71. The van der Waals surface area contributed by atoms with Crippen LogP contribution in [0.3, 0.4) is 0 Å². The van der Waals surface area contributed by atoms with Crippen LogP contribution in [0.4, 0.5) is 0 Å². The van der Waals surface area contributed by atoms with E-state index < -0.39 is 5.97 Å². The number of hydrogen-bond donors (Lipinski definition) is 2. The Morgan fingerprint density at radius 3 is 2.56 bits per heavy atom. The molecule has 1 heterocycles. The molecule has 0 saturated heterocycles. The molecule has 0 atom stereocenters. The van der Waals surface area contributed by atoms with Crippen LogP contribution >= 0.6 is 0 Å². The first-order chi connectivity index (χ1) is 12.0. The van der Waals surface area contributed by atoms with Crippen molar-refractivity contribution in [2.75, 3.05) is 0 Å². The standard InChI is InChI=1S/C20H17NO4/c1-13-4-2-7-16(10-13)19(22)21-12-14-5-3-6-15(11-14)17-8-9-18(25-17)20(23)24/h2-11H,12H2,1H3,(H,21,22)(H,23,24). The zero-order valence-corrected chi connectivity index (χ0v) is 13.7. The molecule has 3 rings (SSSR count). The smallest absolute Gasteiger partial charge is 0.371 e. The normalized spacial score (nSPS) is 10.4. The second-order valence-electron chi connectivity index (χ2n) is 5.72. The molecule has 5 nitrogen and oxygen atoms in total. The number of nitrogens with one attached hydrogen (secondary N) is 1. The lowest BCUT2D eigenvalue weighted by atomic mass is 10.1. The zero-order valence-electron chi connectivity index (χ0n) is 13.7. The van der Waals surface area contributed by atoms with Crippen molar-refractivity contribution in [2.24, 2.45) is 0 Å². The first-order valence-corrected chi connectivity index (χ1v) is 7.80. The fourth-order valence-electron chi connectivity index (χ4n) is 2.51. The minimum atomic E-state index is -1.10. The van der Waals surface area contributed by atoms with Crippen molar-refractivity contribution in [2.45, 2.75) is 13.5 Å². The van der Waals surface area contributed by atoms with Crippen LogP contribution in [0.1, 0.15) is 32.0 Å². The van der Waals surface area contributed by atoms with Crippen molar-refractivity contribution in [3.05, 3.63) is 83.1 Å². The van der Waals surface area contributed by atoms with Gasteiger partial charge < -0.3 is 14.8 Å². The molecule has 2 N–H and O–H groups in total. The minimum absolute atomic E-state index is 0.104. The summed E-state index contributed by atoms with van der Waals surface area (Å²) in [7, 11) is 0.